The molecule has 42 heavy (non-hydrogen) atoms. The van der Waals surface area contributed by atoms with E-state index in [1.807, 2.05) is 26.0 Å². The number of rotatable bonds is 10. The van der Waals surface area contributed by atoms with Crippen LogP contribution in [0.3, 0.4) is 0 Å². The molecule has 0 unspecified atom stereocenters. The Balaban J connectivity index is 1.50. The number of nitrogens with zero attached hydrogens (tertiary/aromatic N) is 2. The molecule has 0 saturated carbocycles. The lowest BCUT2D eigenvalue weighted by Crippen LogP contribution is -2.17. The van der Waals surface area contributed by atoms with Crippen molar-refractivity contribution in [1.29, 1.82) is 0 Å². The molecule has 0 saturated heterocycles. The molecule has 0 fully saturated rings. The van der Waals surface area contributed by atoms with Crippen LogP contribution in [0.1, 0.15) is 31.8 Å². The Bertz CT molecular complexity index is 1670. The second-order valence-electron chi connectivity index (χ2n) is 9.19. The highest BCUT2D eigenvalue weighted by Gasteiger charge is 2.17. The van der Waals surface area contributed by atoms with Crippen molar-refractivity contribution in [3.63, 3.8) is 0 Å². The van der Waals surface area contributed by atoms with Crippen LogP contribution < -0.4 is 31.3 Å². The zero-order valence-electron chi connectivity index (χ0n) is 23.7. The van der Waals surface area contributed by atoms with Gasteiger partial charge in [0.05, 0.1) is 12.7 Å². The van der Waals surface area contributed by atoms with Crippen LogP contribution in [0.25, 0.3) is 0 Å². The number of anilines is 6. The van der Waals surface area contributed by atoms with E-state index in [9.17, 15) is 14.4 Å². The molecule has 0 aliphatic carbocycles. The van der Waals surface area contributed by atoms with Crippen LogP contribution in [0.4, 0.5) is 34.5 Å². The van der Waals surface area contributed by atoms with Crippen molar-refractivity contribution in [2.75, 3.05) is 40.7 Å². The van der Waals surface area contributed by atoms with Gasteiger partial charge >= 0.3 is 0 Å². The Morgan fingerprint density at radius 3 is 2.17 bits per heavy atom. The maximum atomic E-state index is 13.3. The zero-order chi connectivity index (χ0) is 30.2. The SMILES string of the molecule is C=CC(=O)Nc1cc(Nc2ncc(C(=O)Nc3cc(NC(=O)c4ccccc4OC)ccc3C)c(NC)n2)ccc1C. The van der Waals surface area contributed by atoms with E-state index >= 15 is 0 Å². The summed E-state index contributed by atoms with van der Waals surface area (Å²) in [5.41, 5.74) is 4.54. The van der Waals surface area contributed by atoms with Crippen molar-refractivity contribution in [2.24, 2.45) is 0 Å². The summed E-state index contributed by atoms with van der Waals surface area (Å²) in [5, 5.41) is 14.5. The van der Waals surface area contributed by atoms with E-state index in [0.29, 0.717) is 39.9 Å². The zero-order valence-corrected chi connectivity index (χ0v) is 23.7. The van der Waals surface area contributed by atoms with E-state index in [2.05, 4.69) is 43.1 Å². The van der Waals surface area contributed by atoms with Gasteiger partial charge in [-0.1, -0.05) is 30.8 Å². The van der Waals surface area contributed by atoms with E-state index in [1.54, 1.807) is 55.6 Å². The Morgan fingerprint density at radius 1 is 0.833 bits per heavy atom. The second kappa shape index (κ2) is 13.1. The van der Waals surface area contributed by atoms with Gasteiger partial charge in [0.15, 0.2) is 0 Å². The van der Waals surface area contributed by atoms with E-state index in [0.717, 1.165) is 11.1 Å². The highest BCUT2D eigenvalue weighted by Crippen LogP contribution is 2.26. The molecule has 11 nitrogen and oxygen atoms in total. The summed E-state index contributed by atoms with van der Waals surface area (Å²) in [6, 6.07) is 17.6. The van der Waals surface area contributed by atoms with Gasteiger partial charge in [0.1, 0.15) is 17.1 Å². The summed E-state index contributed by atoms with van der Waals surface area (Å²) in [6.07, 6.45) is 2.61. The first-order valence-corrected chi connectivity index (χ1v) is 12.9. The van der Waals surface area contributed by atoms with Crippen LogP contribution in [-0.2, 0) is 4.79 Å². The Labute approximate surface area is 243 Å². The van der Waals surface area contributed by atoms with Gasteiger partial charge in [-0.2, -0.15) is 4.98 Å². The third kappa shape index (κ3) is 6.89. The summed E-state index contributed by atoms with van der Waals surface area (Å²) >= 11 is 0. The van der Waals surface area contributed by atoms with Crippen molar-refractivity contribution >= 4 is 52.2 Å². The van der Waals surface area contributed by atoms with Gasteiger partial charge in [0.2, 0.25) is 11.9 Å². The molecule has 0 radical (unpaired) electrons. The molecule has 3 aromatic carbocycles. The monoisotopic (exact) mass is 565 g/mol. The molecule has 11 heteroatoms. The van der Waals surface area contributed by atoms with Gasteiger partial charge in [-0.25, -0.2) is 4.98 Å². The summed E-state index contributed by atoms with van der Waals surface area (Å²) in [4.78, 5) is 46.6. The lowest BCUT2D eigenvalue weighted by Gasteiger charge is -2.14. The molecule has 1 heterocycles. The summed E-state index contributed by atoms with van der Waals surface area (Å²) in [7, 11) is 3.15. The normalized spacial score (nSPS) is 10.3. The quantitative estimate of drug-likeness (QED) is 0.158. The van der Waals surface area contributed by atoms with Crippen LogP contribution in [0.15, 0.2) is 79.5 Å². The van der Waals surface area contributed by atoms with Gasteiger partial charge in [-0.15, -0.1) is 0 Å². The number of hydrogen-bond donors (Lipinski definition) is 5. The number of ether oxygens (including phenoxy) is 1. The number of carbonyl (C=O) groups excluding carboxylic acids is 3. The van der Waals surface area contributed by atoms with E-state index in [-0.39, 0.29) is 23.3 Å². The molecule has 214 valence electrons. The average Bonchev–Trinajstić information content (AvgIpc) is 3.00. The lowest BCUT2D eigenvalue weighted by molar-refractivity contribution is -0.111. The summed E-state index contributed by atoms with van der Waals surface area (Å²) in [6.45, 7) is 7.19. The van der Waals surface area contributed by atoms with Crippen molar-refractivity contribution in [3.8, 4) is 5.75 Å². The summed E-state index contributed by atoms with van der Waals surface area (Å²) < 4.78 is 5.28. The van der Waals surface area contributed by atoms with Gasteiger partial charge in [0.25, 0.3) is 11.8 Å². The number of para-hydroxylation sites is 1. The van der Waals surface area contributed by atoms with Crippen molar-refractivity contribution in [2.45, 2.75) is 13.8 Å². The van der Waals surface area contributed by atoms with Gasteiger partial charge in [-0.05, 0) is 67.4 Å². The third-order valence-electron chi connectivity index (χ3n) is 6.30. The Hall–Kier alpha value is -5.71. The third-order valence-corrected chi connectivity index (χ3v) is 6.30. The smallest absolute Gasteiger partial charge is 0.261 e. The van der Waals surface area contributed by atoms with E-state index < -0.39 is 5.91 Å². The van der Waals surface area contributed by atoms with Gasteiger partial charge in [-0.3, -0.25) is 14.4 Å². The maximum absolute atomic E-state index is 13.3. The van der Waals surface area contributed by atoms with E-state index in [4.69, 9.17) is 4.74 Å². The number of hydrogen-bond acceptors (Lipinski definition) is 8. The van der Waals surface area contributed by atoms with Crippen LogP contribution in [0.5, 0.6) is 5.75 Å². The van der Waals surface area contributed by atoms with Crippen LogP contribution in [0.2, 0.25) is 0 Å². The molecule has 1 aromatic heterocycles. The number of methoxy groups -OCH3 is 1. The Morgan fingerprint density at radius 2 is 1.48 bits per heavy atom. The average molecular weight is 566 g/mol. The molecule has 0 aliphatic heterocycles. The largest absolute Gasteiger partial charge is 0.496 e. The molecular weight excluding hydrogens is 534 g/mol. The number of benzene rings is 3. The fourth-order valence-electron chi connectivity index (χ4n) is 4.00. The predicted octanol–water partition coefficient (Wildman–Crippen LogP) is 5.52. The first kappa shape index (κ1) is 29.3. The molecule has 0 bridgehead atoms. The fraction of sp³-hybridized carbons (Fsp3) is 0.129. The summed E-state index contributed by atoms with van der Waals surface area (Å²) in [5.74, 6) is -0.0961. The maximum Gasteiger partial charge on any atom is 0.261 e. The van der Waals surface area contributed by atoms with Crippen LogP contribution >= 0.6 is 0 Å². The lowest BCUT2D eigenvalue weighted by atomic mass is 10.1. The molecule has 0 aliphatic rings. The minimum Gasteiger partial charge on any atom is -0.496 e. The molecular formula is C31H31N7O4. The predicted molar refractivity (Wildman–Crippen MR) is 165 cm³/mol. The number of carbonyl (C=O) groups is 3. The highest BCUT2D eigenvalue weighted by molar-refractivity contribution is 6.09. The second-order valence-corrected chi connectivity index (χ2v) is 9.19. The molecule has 3 amide bonds. The van der Waals surface area contributed by atoms with Crippen LogP contribution in [0, 0.1) is 13.8 Å². The first-order chi connectivity index (χ1) is 20.2. The topological polar surface area (TPSA) is 146 Å². The van der Waals surface area contributed by atoms with E-state index in [1.165, 1.54) is 19.4 Å². The van der Waals surface area contributed by atoms with Crippen LogP contribution in [-0.4, -0.2) is 41.8 Å². The molecule has 0 atom stereocenters. The molecule has 5 N–H and O–H groups in total. The highest BCUT2D eigenvalue weighted by atomic mass is 16.5. The standard InChI is InChI=1S/C31H31N7O4/c1-6-27(39)36-24-16-21(14-12-18(24)2)35-31-33-17-23(28(32-4)38-31)30(41)37-25-15-20(13-11-19(25)3)34-29(40)22-9-7-8-10-26(22)42-5/h6-17H,1H2,2-5H3,(H,34,40)(H,36,39)(H,37,41)(H2,32,33,35,38). The van der Waals surface area contributed by atoms with Crippen molar-refractivity contribution < 1.29 is 19.1 Å². The number of aryl methyl sites for hydroxylation is 2. The van der Waals surface area contributed by atoms with Crippen molar-refractivity contribution in [3.05, 3.63) is 102 Å². The first-order valence-electron chi connectivity index (χ1n) is 12.9. The van der Waals surface area contributed by atoms with Crippen molar-refractivity contribution in [1.82, 2.24) is 9.97 Å². The minimum atomic E-state index is -0.438. The number of nitrogens with one attached hydrogen (secondary N) is 5. The number of aromatic nitrogens is 2. The number of amides is 3. The van der Waals surface area contributed by atoms with Gasteiger partial charge in [0, 0.05) is 36.0 Å². The molecule has 4 aromatic rings. The molecule has 0 spiro atoms. The Kier molecular flexibility index (Phi) is 9.13. The molecule has 4 rings (SSSR count). The minimum absolute atomic E-state index is 0.216. The van der Waals surface area contributed by atoms with Gasteiger partial charge < -0.3 is 31.3 Å². The fourth-order valence-corrected chi connectivity index (χ4v) is 4.00.